The lowest BCUT2D eigenvalue weighted by atomic mass is 10.00. The maximum Gasteiger partial charge on any atom is 0.407 e. The zero-order chi connectivity index (χ0) is 26.6. The van der Waals surface area contributed by atoms with Gasteiger partial charge in [0.15, 0.2) is 5.88 Å². The number of aromatic nitrogens is 1. The highest BCUT2D eigenvalue weighted by molar-refractivity contribution is 6.22. The van der Waals surface area contributed by atoms with Crippen LogP contribution in [0.5, 0.6) is 5.88 Å². The van der Waals surface area contributed by atoms with Crippen LogP contribution in [-0.4, -0.2) is 40.6 Å². The van der Waals surface area contributed by atoms with Crippen LogP contribution in [0.2, 0.25) is 0 Å². The molecular weight excluding hydrogens is 470 g/mol. The van der Waals surface area contributed by atoms with Crippen molar-refractivity contribution in [1.82, 2.24) is 10.3 Å². The van der Waals surface area contributed by atoms with E-state index in [0.717, 1.165) is 11.1 Å². The minimum Gasteiger partial charge on any atom is -0.494 e. The number of hydrogen-bond donors (Lipinski definition) is 3. The van der Waals surface area contributed by atoms with Gasteiger partial charge in [0.2, 0.25) is 0 Å². The Morgan fingerprint density at radius 1 is 0.973 bits per heavy atom. The van der Waals surface area contributed by atoms with Crippen LogP contribution in [0.3, 0.4) is 0 Å². The number of fused-ring (bicyclic) bond motifs is 1. The number of carbonyl (C=O) groups is 2. The Labute approximate surface area is 215 Å². The summed E-state index contributed by atoms with van der Waals surface area (Å²) in [4.78, 5) is 31.7. The van der Waals surface area contributed by atoms with Crippen molar-refractivity contribution in [2.45, 2.75) is 32.9 Å². The molecule has 0 aliphatic carbocycles. The number of hydrogen-bond acceptors (Lipinski definition) is 6. The number of aromatic amines is 1. The Morgan fingerprint density at radius 3 is 2.32 bits per heavy atom. The first kappa shape index (κ1) is 25.5. The molecule has 0 unspecified atom stereocenters. The average Bonchev–Trinajstić information content (AvgIpc) is 3.20. The molecule has 1 heterocycles. The summed E-state index contributed by atoms with van der Waals surface area (Å²) in [5, 5.41) is 14.3. The van der Waals surface area contributed by atoms with E-state index < -0.39 is 17.7 Å². The number of amides is 1. The van der Waals surface area contributed by atoms with Crippen LogP contribution in [0.25, 0.3) is 10.9 Å². The molecule has 0 aliphatic rings. The highest BCUT2D eigenvalue weighted by Gasteiger charge is 2.20. The summed E-state index contributed by atoms with van der Waals surface area (Å²) in [6.07, 6.45) is -0.480. The van der Waals surface area contributed by atoms with Gasteiger partial charge in [0.05, 0.1) is 29.6 Å². The van der Waals surface area contributed by atoms with Gasteiger partial charge in [-0.2, -0.15) is 0 Å². The molecular formula is C29H29N3O5. The summed E-state index contributed by atoms with van der Waals surface area (Å²) in [7, 11) is 1.32. The zero-order valence-corrected chi connectivity index (χ0v) is 21.2. The lowest BCUT2D eigenvalue weighted by molar-refractivity contribution is 0.0522. The van der Waals surface area contributed by atoms with Gasteiger partial charge in [0.25, 0.3) is 0 Å². The molecule has 1 aromatic heterocycles. The normalized spacial score (nSPS) is 11.8. The van der Waals surface area contributed by atoms with Gasteiger partial charge < -0.3 is 24.9 Å². The third-order valence-electron chi connectivity index (χ3n) is 5.50. The molecule has 4 aromatic rings. The zero-order valence-electron chi connectivity index (χ0n) is 21.2. The fourth-order valence-electron chi connectivity index (χ4n) is 3.83. The molecule has 0 saturated heterocycles. The van der Waals surface area contributed by atoms with Gasteiger partial charge in [-0.15, -0.1) is 0 Å². The molecule has 0 spiro atoms. The molecule has 1 amide bonds. The third-order valence-corrected chi connectivity index (χ3v) is 5.50. The topological polar surface area (TPSA) is 113 Å². The SMILES string of the molecule is COC(=O)c1ccc2c(C(=Nc3ccc(CNC(=O)OC(C)(C)C)cc3)c3ccccc3)c(O)[nH]c2c1. The van der Waals surface area contributed by atoms with Crippen molar-refractivity contribution < 1.29 is 24.2 Å². The van der Waals surface area contributed by atoms with E-state index in [1.807, 2.05) is 75.4 Å². The summed E-state index contributed by atoms with van der Waals surface area (Å²) >= 11 is 0. The minimum absolute atomic E-state index is 0.0576. The van der Waals surface area contributed by atoms with Crippen LogP contribution in [0, 0.1) is 0 Å². The third kappa shape index (κ3) is 6.16. The number of benzene rings is 3. The van der Waals surface area contributed by atoms with Gasteiger partial charge in [-0.1, -0.05) is 48.5 Å². The number of ether oxygens (including phenoxy) is 2. The highest BCUT2D eigenvalue weighted by Crippen LogP contribution is 2.32. The first-order chi connectivity index (χ1) is 17.6. The number of alkyl carbamates (subject to hydrolysis) is 1. The maximum atomic E-state index is 12.0. The van der Waals surface area contributed by atoms with Gasteiger partial charge in [-0.3, -0.25) is 0 Å². The van der Waals surface area contributed by atoms with E-state index in [1.165, 1.54) is 7.11 Å². The summed E-state index contributed by atoms with van der Waals surface area (Å²) in [5.74, 6) is -0.520. The molecule has 190 valence electrons. The van der Waals surface area contributed by atoms with Crippen LogP contribution in [-0.2, 0) is 16.0 Å². The molecule has 3 N–H and O–H groups in total. The van der Waals surface area contributed by atoms with Crippen LogP contribution < -0.4 is 5.32 Å². The second-order valence-corrected chi connectivity index (χ2v) is 9.45. The van der Waals surface area contributed by atoms with E-state index in [-0.39, 0.29) is 5.88 Å². The number of aliphatic imine (C=N–C) groups is 1. The minimum atomic E-state index is -0.564. The van der Waals surface area contributed by atoms with Crippen LogP contribution in [0.4, 0.5) is 10.5 Å². The number of nitrogens with zero attached hydrogens (tertiary/aromatic N) is 1. The molecule has 0 saturated carbocycles. The molecule has 4 rings (SSSR count). The first-order valence-corrected chi connectivity index (χ1v) is 11.8. The molecule has 0 fully saturated rings. The fourth-order valence-corrected chi connectivity index (χ4v) is 3.83. The number of esters is 1. The van der Waals surface area contributed by atoms with E-state index in [4.69, 9.17) is 14.5 Å². The van der Waals surface area contributed by atoms with E-state index >= 15 is 0 Å². The molecule has 0 radical (unpaired) electrons. The molecule has 0 atom stereocenters. The van der Waals surface area contributed by atoms with Crippen molar-refractivity contribution in [3.8, 4) is 5.88 Å². The molecule has 37 heavy (non-hydrogen) atoms. The quantitative estimate of drug-likeness (QED) is 0.227. The summed E-state index contributed by atoms with van der Waals surface area (Å²) < 4.78 is 10.1. The molecule has 8 heteroatoms. The Bertz CT molecular complexity index is 1450. The van der Waals surface area contributed by atoms with Crippen LogP contribution >= 0.6 is 0 Å². The van der Waals surface area contributed by atoms with Crippen LogP contribution in [0.15, 0.2) is 77.8 Å². The average molecular weight is 500 g/mol. The molecule has 0 aliphatic heterocycles. The lowest BCUT2D eigenvalue weighted by Gasteiger charge is -2.19. The molecule has 8 nitrogen and oxygen atoms in total. The first-order valence-electron chi connectivity index (χ1n) is 11.8. The highest BCUT2D eigenvalue weighted by atomic mass is 16.6. The van der Waals surface area contributed by atoms with E-state index in [2.05, 4.69) is 10.3 Å². The summed E-state index contributed by atoms with van der Waals surface area (Å²) in [6, 6.07) is 22.0. The number of aromatic hydroxyl groups is 1. The van der Waals surface area contributed by atoms with Gasteiger partial charge in [0, 0.05) is 23.0 Å². The summed E-state index contributed by atoms with van der Waals surface area (Å²) in [5.41, 5.74) is 3.84. The van der Waals surface area contributed by atoms with Crippen molar-refractivity contribution >= 4 is 34.4 Å². The Kier molecular flexibility index (Phi) is 7.29. The second-order valence-electron chi connectivity index (χ2n) is 9.45. The van der Waals surface area contributed by atoms with Gasteiger partial charge >= 0.3 is 12.1 Å². The number of H-pyrrole nitrogens is 1. The fraction of sp³-hybridized carbons (Fsp3) is 0.207. The lowest BCUT2D eigenvalue weighted by Crippen LogP contribution is -2.32. The molecule has 3 aromatic carbocycles. The second kappa shape index (κ2) is 10.6. The van der Waals surface area contributed by atoms with Gasteiger partial charge in [-0.25, -0.2) is 14.6 Å². The Balaban J connectivity index is 1.67. The van der Waals surface area contributed by atoms with E-state index in [0.29, 0.717) is 40.0 Å². The summed E-state index contributed by atoms with van der Waals surface area (Å²) in [6.45, 7) is 5.75. The number of methoxy groups -OCH3 is 1. The monoisotopic (exact) mass is 499 g/mol. The van der Waals surface area contributed by atoms with Crippen molar-refractivity contribution in [1.29, 1.82) is 0 Å². The van der Waals surface area contributed by atoms with Crippen molar-refractivity contribution in [2.24, 2.45) is 4.99 Å². The van der Waals surface area contributed by atoms with Crippen molar-refractivity contribution in [3.63, 3.8) is 0 Å². The standard InChI is InChI=1S/C29H29N3O5/c1-29(2,3)37-28(35)30-17-18-10-13-21(14-11-18)31-25(19-8-6-5-7-9-19)24-22-15-12-20(27(34)36-4)16-23(22)32-26(24)33/h5-16,32-33H,17H2,1-4H3,(H,30,35). The van der Waals surface area contributed by atoms with Gasteiger partial charge in [-0.05, 0) is 50.6 Å². The molecule has 0 bridgehead atoms. The van der Waals surface area contributed by atoms with Crippen LogP contribution in [0.1, 0.15) is 47.8 Å². The predicted molar refractivity (Wildman–Crippen MR) is 143 cm³/mol. The predicted octanol–water partition coefficient (Wildman–Crippen LogP) is 5.85. The number of carbonyl (C=O) groups excluding carboxylic acids is 2. The van der Waals surface area contributed by atoms with Crippen molar-refractivity contribution in [3.05, 3.63) is 95.1 Å². The number of nitrogens with one attached hydrogen (secondary N) is 2. The Morgan fingerprint density at radius 2 is 1.68 bits per heavy atom. The van der Waals surface area contributed by atoms with E-state index in [1.54, 1.807) is 18.2 Å². The Hall–Kier alpha value is -4.59. The van der Waals surface area contributed by atoms with Crippen molar-refractivity contribution in [2.75, 3.05) is 7.11 Å². The largest absolute Gasteiger partial charge is 0.494 e. The van der Waals surface area contributed by atoms with Gasteiger partial charge in [0.1, 0.15) is 5.60 Å². The number of rotatable bonds is 6. The smallest absolute Gasteiger partial charge is 0.407 e. The maximum absolute atomic E-state index is 12.0. The van der Waals surface area contributed by atoms with E-state index in [9.17, 15) is 14.7 Å².